The highest BCUT2D eigenvalue weighted by Gasteiger charge is 2.30. The zero-order chi connectivity index (χ0) is 25.8. The van der Waals surface area contributed by atoms with E-state index >= 15 is 0 Å². The fraction of sp³-hybridized carbons (Fsp3) is 0.250. The van der Waals surface area contributed by atoms with Crippen LogP contribution < -0.4 is 4.74 Å². The Morgan fingerprint density at radius 2 is 1.62 bits per heavy atom. The van der Waals surface area contributed by atoms with Crippen LogP contribution in [0.1, 0.15) is 17.2 Å². The number of benzene rings is 3. The topological polar surface area (TPSA) is 114 Å². The van der Waals surface area contributed by atoms with Gasteiger partial charge in [-0.05, 0) is 29.3 Å². The highest BCUT2D eigenvalue weighted by atomic mass is 16.6. The second kappa shape index (κ2) is 10.7. The van der Waals surface area contributed by atoms with Crippen molar-refractivity contribution in [2.75, 3.05) is 19.7 Å². The summed E-state index contributed by atoms with van der Waals surface area (Å²) < 4.78 is 13.2. The van der Waals surface area contributed by atoms with Crippen molar-refractivity contribution in [3.8, 4) is 5.75 Å². The van der Waals surface area contributed by atoms with Crippen LogP contribution in [0, 0.1) is 5.92 Å². The van der Waals surface area contributed by atoms with Crippen LogP contribution in [0.25, 0.3) is 10.9 Å². The van der Waals surface area contributed by atoms with Gasteiger partial charge in [0.15, 0.2) is 12.2 Å². The first-order valence-electron chi connectivity index (χ1n) is 12.0. The van der Waals surface area contributed by atoms with Crippen LogP contribution in [-0.2, 0) is 16.1 Å². The fourth-order valence-electron chi connectivity index (χ4n) is 4.37. The molecule has 1 aliphatic rings. The number of rotatable bonds is 9. The van der Waals surface area contributed by atoms with E-state index in [0.717, 1.165) is 22.0 Å². The van der Waals surface area contributed by atoms with E-state index in [9.17, 15) is 14.7 Å². The van der Waals surface area contributed by atoms with Gasteiger partial charge >= 0.3 is 12.1 Å². The first-order valence-corrected chi connectivity index (χ1v) is 12.0. The average Bonchev–Trinajstić information content (AvgIpc) is 3.30. The standard InChI is InChI=1S/C28H27N3O6/c32-25(27(33)37-26(20-7-3-1-4-8-20)21-9-5-2-6-10-21)18-36-23-11-12-24-22(13-23)17-31(29-24)16-19-14-30(15-19)28(34)35/h1-13,17,19,25-26,32H,14-16,18H2,(H,34,35). The summed E-state index contributed by atoms with van der Waals surface area (Å²) in [5, 5.41) is 24.8. The molecule has 0 aliphatic carbocycles. The number of aliphatic hydroxyl groups excluding tert-OH is 1. The number of aromatic nitrogens is 2. The van der Waals surface area contributed by atoms with Crippen LogP contribution >= 0.6 is 0 Å². The molecule has 1 saturated heterocycles. The van der Waals surface area contributed by atoms with E-state index in [1.165, 1.54) is 4.90 Å². The Balaban J connectivity index is 1.19. The molecular weight excluding hydrogens is 474 g/mol. The summed E-state index contributed by atoms with van der Waals surface area (Å²) in [5.74, 6) is -0.0531. The number of nitrogens with zero attached hydrogens (tertiary/aromatic N) is 3. The number of amides is 1. The van der Waals surface area contributed by atoms with Gasteiger partial charge in [0.2, 0.25) is 0 Å². The Morgan fingerprint density at radius 1 is 0.973 bits per heavy atom. The largest absolute Gasteiger partial charge is 0.490 e. The maximum Gasteiger partial charge on any atom is 0.407 e. The van der Waals surface area contributed by atoms with E-state index in [2.05, 4.69) is 5.10 Å². The van der Waals surface area contributed by atoms with E-state index in [0.29, 0.717) is 25.4 Å². The zero-order valence-corrected chi connectivity index (χ0v) is 20.0. The van der Waals surface area contributed by atoms with Gasteiger partial charge in [-0.2, -0.15) is 5.10 Å². The molecule has 1 aliphatic heterocycles. The molecule has 0 spiro atoms. The lowest BCUT2D eigenvalue weighted by atomic mass is 10.0. The maximum absolute atomic E-state index is 12.7. The number of ether oxygens (including phenoxy) is 2. The summed E-state index contributed by atoms with van der Waals surface area (Å²) in [7, 11) is 0. The predicted octanol–water partition coefficient (Wildman–Crippen LogP) is 3.72. The summed E-state index contributed by atoms with van der Waals surface area (Å²) in [4.78, 5) is 25.0. The van der Waals surface area contributed by atoms with Crippen LogP contribution in [0.2, 0.25) is 0 Å². The van der Waals surface area contributed by atoms with Crippen molar-refractivity contribution in [1.82, 2.24) is 14.7 Å². The van der Waals surface area contributed by atoms with E-state index in [-0.39, 0.29) is 12.5 Å². The smallest absolute Gasteiger partial charge is 0.407 e. The lowest BCUT2D eigenvalue weighted by molar-refractivity contribution is -0.159. The lowest BCUT2D eigenvalue weighted by Crippen LogP contribution is -2.50. The van der Waals surface area contributed by atoms with Gasteiger partial charge in [0.05, 0.1) is 5.52 Å². The number of esters is 1. The molecular formula is C28H27N3O6. The van der Waals surface area contributed by atoms with Gasteiger partial charge in [0.25, 0.3) is 0 Å². The van der Waals surface area contributed by atoms with Crippen LogP contribution in [0.4, 0.5) is 4.79 Å². The number of likely N-dealkylation sites (tertiary alicyclic amines) is 1. The number of fused-ring (bicyclic) bond motifs is 1. The second-order valence-corrected chi connectivity index (χ2v) is 9.09. The van der Waals surface area contributed by atoms with Gasteiger partial charge in [0.1, 0.15) is 12.4 Å². The summed E-state index contributed by atoms with van der Waals surface area (Å²) >= 11 is 0. The number of aliphatic hydroxyl groups is 1. The third-order valence-electron chi connectivity index (χ3n) is 6.31. The molecule has 1 atom stereocenters. The Morgan fingerprint density at radius 3 is 2.24 bits per heavy atom. The van der Waals surface area contributed by atoms with Crippen molar-refractivity contribution in [3.63, 3.8) is 0 Å². The summed E-state index contributed by atoms with van der Waals surface area (Å²) in [6.45, 7) is 1.37. The normalized spacial score (nSPS) is 14.4. The minimum absolute atomic E-state index is 0.234. The van der Waals surface area contributed by atoms with Gasteiger partial charge in [0, 0.05) is 37.1 Å². The average molecular weight is 502 g/mol. The maximum atomic E-state index is 12.7. The van der Waals surface area contributed by atoms with Crippen LogP contribution in [0.5, 0.6) is 5.75 Å². The molecule has 0 saturated carbocycles. The van der Waals surface area contributed by atoms with E-state index in [1.807, 2.05) is 66.9 Å². The van der Waals surface area contributed by atoms with Crippen molar-refractivity contribution >= 4 is 23.0 Å². The van der Waals surface area contributed by atoms with Crippen molar-refractivity contribution in [1.29, 1.82) is 0 Å². The van der Waals surface area contributed by atoms with E-state index in [4.69, 9.17) is 14.6 Å². The molecule has 37 heavy (non-hydrogen) atoms. The lowest BCUT2D eigenvalue weighted by Gasteiger charge is -2.36. The Hall–Kier alpha value is -4.37. The number of hydrogen-bond acceptors (Lipinski definition) is 6. The number of carboxylic acid groups (broad SMARTS) is 1. The molecule has 5 rings (SSSR count). The third-order valence-corrected chi connectivity index (χ3v) is 6.31. The first kappa shape index (κ1) is 24.3. The van der Waals surface area contributed by atoms with Crippen molar-refractivity contribution in [2.24, 2.45) is 5.92 Å². The molecule has 4 aromatic rings. The molecule has 190 valence electrons. The van der Waals surface area contributed by atoms with Crippen LogP contribution in [0.15, 0.2) is 85.1 Å². The van der Waals surface area contributed by atoms with Gasteiger partial charge in [-0.25, -0.2) is 9.59 Å². The molecule has 2 heterocycles. The zero-order valence-electron chi connectivity index (χ0n) is 20.0. The molecule has 1 fully saturated rings. The molecule has 9 heteroatoms. The minimum Gasteiger partial charge on any atom is -0.490 e. The van der Waals surface area contributed by atoms with Gasteiger partial charge < -0.3 is 24.6 Å². The molecule has 0 bridgehead atoms. The van der Waals surface area contributed by atoms with E-state index < -0.39 is 24.3 Å². The molecule has 2 N–H and O–H groups in total. The number of carbonyl (C=O) groups excluding carboxylic acids is 1. The first-order chi connectivity index (χ1) is 18.0. The molecule has 0 radical (unpaired) electrons. The molecule has 1 aromatic heterocycles. The van der Waals surface area contributed by atoms with Gasteiger partial charge in [-0.15, -0.1) is 0 Å². The summed E-state index contributed by atoms with van der Waals surface area (Å²) in [6.07, 6.45) is -1.14. The highest BCUT2D eigenvalue weighted by Crippen LogP contribution is 2.27. The van der Waals surface area contributed by atoms with Crippen molar-refractivity contribution in [2.45, 2.75) is 18.8 Å². The predicted molar refractivity (Wildman–Crippen MR) is 135 cm³/mol. The third kappa shape index (κ3) is 5.73. The van der Waals surface area contributed by atoms with Crippen molar-refractivity contribution in [3.05, 3.63) is 96.2 Å². The van der Waals surface area contributed by atoms with Gasteiger partial charge in [-0.3, -0.25) is 4.68 Å². The number of carbonyl (C=O) groups is 2. The van der Waals surface area contributed by atoms with E-state index in [1.54, 1.807) is 22.9 Å². The quantitative estimate of drug-likeness (QED) is 0.336. The van der Waals surface area contributed by atoms with Crippen LogP contribution in [-0.4, -0.2) is 62.8 Å². The Bertz CT molecular complexity index is 1330. The minimum atomic E-state index is -1.47. The fourth-order valence-corrected chi connectivity index (χ4v) is 4.37. The number of hydrogen-bond donors (Lipinski definition) is 2. The Kier molecular flexibility index (Phi) is 7.04. The monoisotopic (exact) mass is 501 g/mol. The second-order valence-electron chi connectivity index (χ2n) is 9.09. The molecule has 1 unspecified atom stereocenters. The molecule has 9 nitrogen and oxygen atoms in total. The Labute approximate surface area is 213 Å². The molecule has 3 aromatic carbocycles. The summed E-state index contributed by atoms with van der Waals surface area (Å²) in [5.41, 5.74) is 2.38. The van der Waals surface area contributed by atoms with Crippen LogP contribution in [0.3, 0.4) is 0 Å². The molecule has 1 amide bonds. The highest BCUT2D eigenvalue weighted by molar-refractivity contribution is 5.79. The SMILES string of the molecule is O=C(OC(c1ccccc1)c1ccccc1)C(O)COc1ccc2nn(CC3CN(C(=O)O)C3)cc2c1. The van der Waals surface area contributed by atoms with Crippen molar-refractivity contribution < 1.29 is 29.3 Å². The summed E-state index contributed by atoms with van der Waals surface area (Å²) in [6, 6.07) is 24.1. The van der Waals surface area contributed by atoms with Gasteiger partial charge in [-0.1, -0.05) is 60.7 Å².